The van der Waals surface area contributed by atoms with E-state index in [1.807, 2.05) is 0 Å². The van der Waals surface area contributed by atoms with E-state index in [1.165, 1.54) is 6.07 Å². The zero-order valence-corrected chi connectivity index (χ0v) is 8.15. The Bertz CT molecular complexity index is 362. The van der Waals surface area contributed by atoms with Crippen LogP contribution in [0.3, 0.4) is 0 Å². The standard InChI is InChI=1S/C9H8ClFO4/c10-5-1-4(2-6(11)3-5)7(12)8(13)9(14)15/h1-3,7-8,12-13H,(H,14,15). The lowest BCUT2D eigenvalue weighted by molar-refractivity contribution is -0.153. The Kier molecular flexibility index (Phi) is 3.62. The number of carboxylic acid groups (broad SMARTS) is 1. The Morgan fingerprint density at radius 3 is 2.40 bits per heavy atom. The van der Waals surface area contributed by atoms with Crippen LogP contribution in [0.5, 0.6) is 0 Å². The lowest BCUT2D eigenvalue weighted by Gasteiger charge is -2.14. The Hall–Kier alpha value is -1.17. The normalized spacial score (nSPS) is 14.7. The van der Waals surface area contributed by atoms with E-state index in [0.29, 0.717) is 0 Å². The van der Waals surface area contributed by atoms with Gasteiger partial charge in [-0.2, -0.15) is 0 Å². The maximum absolute atomic E-state index is 12.8. The van der Waals surface area contributed by atoms with Crippen molar-refractivity contribution < 1.29 is 24.5 Å². The van der Waals surface area contributed by atoms with Gasteiger partial charge in [-0.05, 0) is 23.8 Å². The molecule has 1 rings (SSSR count). The average molecular weight is 235 g/mol. The molecule has 0 aliphatic rings. The highest BCUT2D eigenvalue weighted by Crippen LogP contribution is 2.22. The summed E-state index contributed by atoms with van der Waals surface area (Å²) >= 11 is 5.50. The molecular formula is C9H8ClFO4. The van der Waals surface area contributed by atoms with E-state index in [4.69, 9.17) is 21.8 Å². The van der Waals surface area contributed by atoms with Gasteiger partial charge in [-0.1, -0.05) is 11.6 Å². The number of hydrogen-bond acceptors (Lipinski definition) is 3. The van der Waals surface area contributed by atoms with Gasteiger partial charge in [-0.3, -0.25) is 0 Å². The third-order valence-electron chi connectivity index (χ3n) is 1.78. The number of halogens is 2. The molecule has 2 unspecified atom stereocenters. The molecule has 0 heterocycles. The van der Waals surface area contributed by atoms with Gasteiger partial charge in [0, 0.05) is 5.02 Å². The van der Waals surface area contributed by atoms with E-state index >= 15 is 0 Å². The summed E-state index contributed by atoms with van der Waals surface area (Å²) in [6.45, 7) is 0. The first-order chi connectivity index (χ1) is 6.91. The van der Waals surface area contributed by atoms with E-state index < -0.39 is 24.0 Å². The van der Waals surface area contributed by atoms with Crippen molar-refractivity contribution in [3.63, 3.8) is 0 Å². The SMILES string of the molecule is O=C(O)C(O)C(O)c1cc(F)cc(Cl)c1. The first-order valence-electron chi connectivity index (χ1n) is 3.96. The lowest BCUT2D eigenvalue weighted by Crippen LogP contribution is -2.27. The number of aliphatic carboxylic acids is 1. The summed E-state index contributed by atoms with van der Waals surface area (Å²) in [4.78, 5) is 10.3. The molecule has 0 saturated carbocycles. The molecule has 4 nitrogen and oxygen atoms in total. The summed E-state index contributed by atoms with van der Waals surface area (Å²) in [6, 6.07) is 3.09. The van der Waals surface area contributed by atoms with Crippen LogP contribution in [0, 0.1) is 5.82 Å². The van der Waals surface area contributed by atoms with Crippen LogP contribution in [0.15, 0.2) is 18.2 Å². The maximum Gasteiger partial charge on any atom is 0.335 e. The Balaban J connectivity index is 3.00. The van der Waals surface area contributed by atoms with Crippen LogP contribution in [-0.4, -0.2) is 27.4 Å². The molecule has 2 atom stereocenters. The van der Waals surface area contributed by atoms with Gasteiger partial charge in [-0.15, -0.1) is 0 Å². The molecule has 6 heteroatoms. The molecule has 0 bridgehead atoms. The first-order valence-corrected chi connectivity index (χ1v) is 4.34. The molecule has 0 fully saturated rings. The van der Waals surface area contributed by atoms with Crippen molar-refractivity contribution in [1.82, 2.24) is 0 Å². The minimum absolute atomic E-state index is 0.0154. The number of aliphatic hydroxyl groups is 2. The highest BCUT2D eigenvalue weighted by atomic mass is 35.5. The zero-order valence-electron chi connectivity index (χ0n) is 7.39. The number of hydrogen-bond donors (Lipinski definition) is 3. The van der Waals surface area contributed by atoms with Gasteiger partial charge >= 0.3 is 5.97 Å². The summed E-state index contributed by atoms with van der Waals surface area (Å²) < 4.78 is 12.8. The van der Waals surface area contributed by atoms with Crippen molar-refractivity contribution in [2.24, 2.45) is 0 Å². The van der Waals surface area contributed by atoms with Crippen LogP contribution < -0.4 is 0 Å². The van der Waals surface area contributed by atoms with Crippen molar-refractivity contribution >= 4 is 17.6 Å². The third-order valence-corrected chi connectivity index (χ3v) is 2.00. The Morgan fingerprint density at radius 1 is 1.33 bits per heavy atom. The van der Waals surface area contributed by atoms with Crippen molar-refractivity contribution in [3.8, 4) is 0 Å². The van der Waals surface area contributed by atoms with E-state index in [-0.39, 0.29) is 10.6 Å². The molecule has 0 aliphatic heterocycles. The molecule has 0 aliphatic carbocycles. The summed E-state index contributed by atoms with van der Waals surface area (Å²) in [5.74, 6) is -2.31. The number of carboxylic acids is 1. The second-order valence-corrected chi connectivity index (χ2v) is 3.37. The molecule has 0 amide bonds. The van der Waals surface area contributed by atoms with Crippen molar-refractivity contribution in [2.45, 2.75) is 12.2 Å². The number of benzene rings is 1. The highest BCUT2D eigenvalue weighted by Gasteiger charge is 2.25. The predicted molar refractivity (Wildman–Crippen MR) is 50.0 cm³/mol. The molecular weight excluding hydrogens is 227 g/mol. The second-order valence-electron chi connectivity index (χ2n) is 2.93. The van der Waals surface area contributed by atoms with Crippen molar-refractivity contribution in [2.75, 3.05) is 0 Å². The fourth-order valence-electron chi connectivity index (χ4n) is 1.06. The molecule has 0 radical (unpaired) electrons. The number of carbonyl (C=O) groups is 1. The quantitative estimate of drug-likeness (QED) is 0.728. The Labute approximate surface area is 89.5 Å². The average Bonchev–Trinajstić information content (AvgIpc) is 2.13. The van der Waals surface area contributed by atoms with Crippen LogP contribution in [-0.2, 0) is 4.79 Å². The van der Waals surface area contributed by atoms with Crippen LogP contribution in [0.25, 0.3) is 0 Å². The maximum atomic E-state index is 12.8. The van der Waals surface area contributed by atoms with Crippen LogP contribution in [0.1, 0.15) is 11.7 Å². The van der Waals surface area contributed by atoms with Gasteiger partial charge in [0.15, 0.2) is 6.10 Å². The molecule has 0 aromatic heterocycles. The first kappa shape index (κ1) is 11.9. The van der Waals surface area contributed by atoms with E-state index in [0.717, 1.165) is 12.1 Å². The summed E-state index contributed by atoms with van der Waals surface area (Å²) in [6.07, 6.45) is -3.72. The fourth-order valence-corrected chi connectivity index (χ4v) is 1.29. The van der Waals surface area contributed by atoms with Gasteiger partial charge < -0.3 is 15.3 Å². The predicted octanol–water partition coefficient (Wildman–Crippen LogP) is 0.958. The monoisotopic (exact) mass is 234 g/mol. The minimum atomic E-state index is -2.01. The summed E-state index contributed by atoms with van der Waals surface area (Å²) in [5, 5.41) is 26.8. The zero-order chi connectivity index (χ0) is 11.6. The smallest absolute Gasteiger partial charge is 0.335 e. The lowest BCUT2D eigenvalue weighted by atomic mass is 10.0. The highest BCUT2D eigenvalue weighted by molar-refractivity contribution is 6.30. The second kappa shape index (κ2) is 4.57. The molecule has 1 aromatic rings. The molecule has 3 N–H and O–H groups in total. The fraction of sp³-hybridized carbons (Fsp3) is 0.222. The van der Waals surface area contributed by atoms with Crippen molar-refractivity contribution in [3.05, 3.63) is 34.6 Å². The number of aliphatic hydroxyl groups excluding tert-OH is 2. The van der Waals surface area contributed by atoms with E-state index in [1.54, 1.807) is 0 Å². The van der Waals surface area contributed by atoms with E-state index in [9.17, 15) is 14.3 Å². The van der Waals surface area contributed by atoms with E-state index in [2.05, 4.69) is 0 Å². The van der Waals surface area contributed by atoms with Gasteiger partial charge in [0.2, 0.25) is 0 Å². The van der Waals surface area contributed by atoms with Gasteiger partial charge in [0.05, 0.1) is 0 Å². The van der Waals surface area contributed by atoms with Gasteiger partial charge in [0.1, 0.15) is 11.9 Å². The van der Waals surface area contributed by atoms with Gasteiger partial charge in [-0.25, -0.2) is 9.18 Å². The van der Waals surface area contributed by atoms with Crippen LogP contribution >= 0.6 is 11.6 Å². The Morgan fingerprint density at radius 2 is 1.93 bits per heavy atom. The molecule has 82 valence electrons. The minimum Gasteiger partial charge on any atom is -0.479 e. The van der Waals surface area contributed by atoms with Gasteiger partial charge in [0.25, 0.3) is 0 Å². The molecule has 0 spiro atoms. The van der Waals surface area contributed by atoms with Crippen molar-refractivity contribution in [1.29, 1.82) is 0 Å². The molecule has 0 saturated heterocycles. The summed E-state index contributed by atoms with van der Waals surface area (Å²) in [5.41, 5.74) is -0.0881. The largest absolute Gasteiger partial charge is 0.479 e. The summed E-state index contributed by atoms with van der Waals surface area (Å²) in [7, 11) is 0. The van der Waals surface area contributed by atoms with Crippen LogP contribution in [0.2, 0.25) is 5.02 Å². The molecule has 1 aromatic carbocycles. The van der Waals surface area contributed by atoms with Crippen LogP contribution in [0.4, 0.5) is 4.39 Å². The topological polar surface area (TPSA) is 77.8 Å². The molecule has 15 heavy (non-hydrogen) atoms. The third kappa shape index (κ3) is 2.89. The number of rotatable bonds is 3.